The van der Waals surface area contributed by atoms with E-state index in [0.717, 1.165) is 11.3 Å². The van der Waals surface area contributed by atoms with Crippen LogP contribution in [0.4, 0.5) is 5.69 Å². The number of hydrogen-bond acceptors (Lipinski definition) is 5. The largest absolute Gasteiger partial charge is 0.497 e. The molecule has 0 heterocycles. The summed E-state index contributed by atoms with van der Waals surface area (Å²) in [6.07, 6.45) is 3.25. The van der Waals surface area contributed by atoms with Crippen molar-refractivity contribution in [1.82, 2.24) is 0 Å². The summed E-state index contributed by atoms with van der Waals surface area (Å²) in [4.78, 5) is 22.5. The summed E-state index contributed by atoms with van der Waals surface area (Å²) in [5.41, 5.74) is 1.42. The Morgan fingerprint density at radius 2 is 1.39 bits per heavy atom. The first-order valence-corrected chi connectivity index (χ1v) is 8.44. The summed E-state index contributed by atoms with van der Waals surface area (Å²) in [5, 5.41) is 10.7. The van der Waals surface area contributed by atoms with E-state index in [0.29, 0.717) is 17.1 Å². The zero-order valence-electron chi connectivity index (χ0n) is 15.1. The number of nitro groups is 1. The molecule has 0 saturated heterocycles. The maximum Gasteiger partial charge on any atom is 0.269 e. The molecule has 0 saturated carbocycles. The maximum absolute atomic E-state index is 12.3. The van der Waals surface area contributed by atoms with Crippen LogP contribution in [-0.4, -0.2) is 17.8 Å². The van der Waals surface area contributed by atoms with Crippen molar-refractivity contribution in [3.63, 3.8) is 0 Å². The number of ketones is 1. The first-order chi connectivity index (χ1) is 13.5. The van der Waals surface area contributed by atoms with Gasteiger partial charge in [-0.3, -0.25) is 14.9 Å². The average molecular weight is 375 g/mol. The van der Waals surface area contributed by atoms with Crippen LogP contribution in [0, 0.1) is 10.1 Å². The third-order valence-electron chi connectivity index (χ3n) is 3.97. The topological polar surface area (TPSA) is 78.7 Å². The molecule has 0 bridgehead atoms. The lowest BCUT2D eigenvalue weighted by Gasteiger charge is -2.06. The Balaban J connectivity index is 1.63. The van der Waals surface area contributed by atoms with E-state index < -0.39 is 4.92 Å². The lowest BCUT2D eigenvalue weighted by atomic mass is 10.1. The second-order valence-corrected chi connectivity index (χ2v) is 5.85. The Morgan fingerprint density at radius 3 is 1.93 bits per heavy atom. The van der Waals surface area contributed by atoms with E-state index in [4.69, 9.17) is 9.47 Å². The Hall–Kier alpha value is -3.93. The number of ether oxygens (including phenoxy) is 2. The summed E-state index contributed by atoms with van der Waals surface area (Å²) in [7, 11) is 1.60. The third-order valence-corrected chi connectivity index (χ3v) is 3.97. The van der Waals surface area contributed by atoms with Gasteiger partial charge in [-0.05, 0) is 60.2 Å². The molecule has 0 aromatic heterocycles. The SMILES string of the molecule is COc1ccc(/C=C/C(=O)c2ccc(Oc3ccc([N+](=O)[O-])cc3)cc2)cc1. The van der Waals surface area contributed by atoms with Gasteiger partial charge in [-0.2, -0.15) is 0 Å². The van der Waals surface area contributed by atoms with E-state index in [1.165, 1.54) is 30.3 Å². The minimum absolute atomic E-state index is 0.00283. The van der Waals surface area contributed by atoms with Crippen molar-refractivity contribution in [3.05, 3.63) is 100 Å². The number of nitro benzene ring substituents is 1. The lowest BCUT2D eigenvalue weighted by Crippen LogP contribution is -1.94. The summed E-state index contributed by atoms with van der Waals surface area (Å²) in [6, 6.07) is 19.9. The second-order valence-electron chi connectivity index (χ2n) is 5.85. The van der Waals surface area contributed by atoms with Crippen LogP contribution in [0.2, 0.25) is 0 Å². The summed E-state index contributed by atoms with van der Waals surface area (Å²) < 4.78 is 10.7. The summed E-state index contributed by atoms with van der Waals surface area (Å²) >= 11 is 0. The molecule has 0 radical (unpaired) electrons. The van der Waals surface area contributed by atoms with E-state index in [-0.39, 0.29) is 11.5 Å². The van der Waals surface area contributed by atoms with Crippen LogP contribution in [0.3, 0.4) is 0 Å². The zero-order valence-corrected chi connectivity index (χ0v) is 15.1. The highest BCUT2D eigenvalue weighted by atomic mass is 16.6. The lowest BCUT2D eigenvalue weighted by molar-refractivity contribution is -0.384. The highest BCUT2D eigenvalue weighted by Crippen LogP contribution is 2.24. The molecule has 0 aliphatic heterocycles. The third kappa shape index (κ3) is 4.82. The zero-order chi connectivity index (χ0) is 19.9. The molecule has 0 N–H and O–H groups in total. The average Bonchev–Trinajstić information content (AvgIpc) is 2.73. The number of non-ortho nitro benzene ring substituents is 1. The number of methoxy groups -OCH3 is 1. The summed E-state index contributed by atoms with van der Waals surface area (Å²) in [5.74, 6) is 1.64. The van der Waals surface area contributed by atoms with Gasteiger partial charge in [0.1, 0.15) is 17.2 Å². The first-order valence-electron chi connectivity index (χ1n) is 8.44. The number of carbonyl (C=O) groups is 1. The molecule has 0 fully saturated rings. The van der Waals surface area contributed by atoms with Crippen molar-refractivity contribution in [2.24, 2.45) is 0 Å². The number of hydrogen-bond donors (Lipinski definition) is 0. The smallest absolute Gasteiger partial charge is 0.269 e. The number of benzene rings is 3. The van der Waals surface area contributed by atoms with Gasteiger partial charge < -0.3 is 9.47 Å². The van der Waals surface area contributed by atoms with Gasteiger partial charge >= 0.3 is 0 Å². The fourth-order valence-electron chi connectivity index (χ4n) is 2.44. The predicted octanol–water partition coefficient (Wildman–Crippen LogP) is 5.29. The number of allylic oxidation sites excluding steroid dienone is 1. The molecule has 6 nitrogen and oxygen atoms in total. The standard InChI is InChI=1S/C22H17NO5/c1-27-19-9-2-16(3-10-19)4-15-22(24)17-5-11-20(12-6-17)28-21-13-7-18(8-14-21)23(25)26/h2-15H,1H3/b15-4+. The van der Waals surface area contributed by atoms with Crippen molar-refractivity contribution in [3.8, 4) is 17.2 Å². The quantitative estimate of drug-likeness (QED) is 0.243. The second kappa shape index (κ2) is 8.64. The molecule has 3 rings (SSSR count). The maximum atomic E-state index is 12.3. The molecule has 0 spiro atoms. The van der Waals surface area contributed by atoms with Crippen molar-refractivity contribution in [2.75, 3.05) is 7.11 Å². The molecule has 6 heteroatoms. The van der Waals surface area contributed by atoms with Crippen molar-refractivity contribution < 1.29 is 19.2 Å². The highest BCUT2D eigenvalue weighted by Gasteiger charge is 2.06. The Bertz CT molecular complexity index is 991. The molecular weight excluding hydrogens is 358 g/mol. The van der Waals surface area contributed by atoms with Gasteiger partial charge in [0.2, 0.25) is 0 Å². The van der Waals surface area contributed by atoms with E-state index in [9.17, 15) is 14.9 Å². The molecule has 140 valence electrons. The van der Waals surface area contributed by atoms with Crippen LogP contribution >= 0.6 is 0 Å². The van der Waals surface area contributed by atoms with Gasteiger partial charge in [-0.1, -0.05) is 18.2 Å². The minimum atomic E-state index is -0.469. The van der Waals surface area contributed by atoms with E-state index in [1.54, 1.807) is 37.5 Å². The van der Waals surface area contributed by atoms with Crippen molar-refractivity contribution in [1.29, 1.82) is 0 Å². The van der Waals surface area contributed by atoms with Crippen molar-refractivity contribution in [2.45, 2.75) is 0 Å². The monoisotopic (exact) mass is 375 g/mol. The molecule has 3 aromatic carbocycles. The number of nitrogens with zero attached hydrogens (tertiary/aromatic N) is 1. The minimum Gasteiger partial charge on any atom is -0.497 e. The molecule has 28 heavy (non-hydrogen) atoms. The molecular formula is C22H17NO5. The number of rotatable bonds is 7. The fourth-order valence-corrected chi connectivity index (χ4v) is 2.44. The first kappa shape index (κ1) is 18.8. The Morgan fingerprint density at radius 1 is 0.857 bits per heavy atom. The van der Waals surface area contributed by atoms with Crippen LogP contribution in [0.15, 0.2) is 78.9 Å². The normalized spacial score (nSPS) is 10.6. The van der Waals surface area contributed by atoms with Gasteiger partial charge in [-0.25, -0.2) is 0 Å². The molecule has 0 aliphatic carbocycles. The molecule has 0 atom stereocenters. The van der Waals surface area contributed by atoms with Gasteiger partial charge in [0, 0.05) is 17.7 Å². The van der Waals surface area contributed by atoms with Crippen LogP contribution < -0.4 is 9.47 Å². The molecule has 0 amide bonds. The predicted molar refractivity (Wildman–Crippen MR) is 106 cm³/mol. The molecule has 0 unspecified atom stereocenters. The highest BCUT2D eigenvalue weighted by molar-refractivity contribution is 6.06. The fraction of sp³-hybridized carbons (Fsp3) is 0.0455. The van der Waals surface area contributed by atoms with Gasteiger partial charge in [0.25, 0.3) is 5.69 Å². The van der Waals surface area contributed by atoms with E-state index >= 15 is 0 Å². The van der Waals surface area contributed by atoms with Crippen molar-refractivity contribution >= 4 is 17.5 Å². The molecule has 3 aromatic rings. The van der Waals surface area contributed by atoms with Gasteiger partial charge in [0.15, 0.2) is 5.78 Å². The van der Waals surface area contributed by atoms with E-state index in [2.05, 4.69) is 0 Å². The van der Waals surface area contributed by atoms with Gasteiger partial charge in [-0.15, -0.1) is 0 Å². The van der Waals surface area contributed by atoms with Crippen LogP contribution in [0.1, 0.15) is 15.9 Å². The summed E-state index contributed by atoms with van der Waals surface area (Å²) in [6.45, 7) is 0. The Kier molecular flexibility index (Phi) is 5.81. The van der Waals surface area contributed by atoms with Crippen LogP contribution in [-0.2, 0) is 0 Å². The van der Waals surface area contributed by atoms with Crippen LogP contribution in [0.25, 0.3) is 6.08 Å². The van der Waals surface area contributed by atoms with Gasteiger partial charge in [0.05, 0.1) is 12.0 Å². The van der Waals surface area contributed by atoms with Crippen LogP contribution in [0.5, 0.6) is 17.2 Å². The van der Waals surface area contributed by atoms with E-state index in [1.807, 2.05) is 24.3 Å². The molecule has 0 aliphatic rings. The Labute approximate surface area is 161 Å². The number of carbonyl (C=O) groups excluding carboxylic acids is 1.